The lowest BCUT2D eigenvalue weighted by atomic mass is 9.97. The Bertz CT molecular complexity index is 369. The van der Waals surface area contributed by atoms with E-state index in [-0.39, 0.29) is 0 Å². The smallest absolute Gasteiger partial charge is 0.0933 e. The van der Waals surface area contributed by atoms with Crippen molar-refractivity contribution in [2.45, 2.75) is 38.5 Å². The fraction of sp³-hybridized carbons (Fsp3) is 0.467. The maximum atomic E-state index is 5.54. The van der Waals surface area contributed by atoms with E-state index in [0.717, 1.165) is 19.4 Å². The van der Waals surface area contributed by atoms with Crippen LogP contribution in [0.4, 0.5) is 0 Å². The van der Waals surface area contributed by atoms with E-state index >= 15 is 0 Å². The van der Waals surface area contributed by atoms with Gasteiger partial charge in [0, 0.05) is 18.6 Å². The monoisotopic (exact) mass is 246 g/mol. The van der Waals surface area contributed by atoms with E-state index in [1.165, 1.54) is 11.1 Å². The Morgan fingerprint density at radius 1 is 1.39 bits per heavy atom. The van der Waals surface area contributed by atoms with Crippen molar-refractivity contribution in [3.05, 3.63) is 48.0 Å². The molecule has 0 aromatic heterocycles. The summed E-state index contributed by atoms with van der Waals surface area (Å²) in [7, 11) is 0. The lowest BCUT2D eigenvalue weighted by Gasteiger charge is -2.30. The highest BCUT2D eigenvalue weighted by Gasteiger charge is 2.20. The van der Waals surface area contributed by atoms with Gasteiger partial charge in [0.2, 0.25) is 0 Å². The topological polar surface area (TPSA) is 33.3 Å². The third kappa shape index (κ3) is 3.95. The molecule has 2 rings (SSSR count). The van der Waals surface area contributed by atoms with Crippen LogP contribution >= 0.6 is 0 Å². The normalized spacial score (nSPS) is 23.8. The lowest BCUT2D eigenvalue weighted by molar-refractivity contribution is -0.00306. The van der Waals surface area contributed by atoms with Gasteiger partial charge in [-0.3, -0.25) is 4.84 Å². The first kappa shape index (κ1) is 13.3. The highest BCUT2D eigenvalue weighted by molar-refractivity contribution is 5.13. The van der Waals surface area contributed by atoms with Crippen molar-refractivity contribution >= 4 is 0 Å². The van der Waals surface area contributed by atoms with Crippen molar-refractivity contribution in [1.29, 1.82) is 0 Å². The number of benzene rings is 1. The van der Waals surface area contributed by atoms with Gasteiger partial charge < -0.3 is 5.32 Å². The molecule has 98 valence electrons. The van der Waals surface area contributed by atoms with Crippen molar-refractivity contribution in [1.82, 2.24) is 10.8 Å². The van der Waals surface area contributed by atoms with E-state index in [1.807, 2.05) is 18.2 Å². The van der Waals surface area contributed by atoms with Crippen molar-refractivity contribution in [3.63, 3.8) is 0 Å². The maximum absolute atomic E-state index is 5.54. The molecule has 2 atom stereocenters. The molecule has 1 heterocycles. The zero-order chi connectivity index (χ0) is 12.8. The second-order valence-corrected chi connectivity index (χ2v) is 4.97. The molecule has 18 heavy (non-hydrogen) atoms. The zero-order valence-electron chi connectivity index (χ0n) is 11.0. The van der Waals surface area contributed by atoms with Gasteiger partial charge in [0.25, 0.3) is 0 Å². The van der Waals surface area contributed by atoms with E-state index in [0.29, 0.717) is 18.7 Å². The molecule has 0 spiro atoms. The van der Waals surface area contributed by atoms with Gasteiger partial charge in [-0.2, -0.15) is 5.48 Å². The molecule has 1 aromatic rings. The van der Waals surface area contributed by atoms with Gasteiger partial charge in [0.15, 0.2) is 0 Å². The van der Waals surface area contributed by atoms with Crippen LogP contribution in [0.25, 0.3) is 0 Å². The summed E-state index contributed by atoms with van der Waals surface area (Å²) in [5.41, 5.74) is 5.55. The molecule has 3 nitrogen and oxygen atoms in total. The van der Waals surface area contributed by atoms with E-state index < -0.39 is 0 Å². The van der Waals surface area contributed by atoms with E-state index in [9.17, 15) is 0 Å². The number of piperidine rings is 1. The first-order valence-electron chi connectivity index (χ1n) is 6.55. The summed E-state index contributed by atoms with van der Waals surface area (Å²) in [6.45, 7) is 7.62. The molecule has 1 aliphatic rings. The molecule has 2 unspecified atom stereocenters. The molecule has 1 aliphatic heterocycles. The number of rotatable bonds is 5. The quantitative estimate of drug-likeness (QED) is 0.618. The number of hydroxylamine groups is 1. The number of nitrogens with one attached hydrogen (secondary N) is 2. The second kappa shape index (κ2) is 6.69. The molecule has 1 fully saturated rings. The van der Waals surface area contributed by atoms with Crippen LogP contribution in [0.2, 0.25) is 0 Å². The van der Waals surface area contributed by atoms with Crippen LogP contribution in [0.5, 0.6) is 0 Å². The van der Waals surface area contributed by atoms with Crippen molar-refractivity contribution in [3.8, 4) is 0 Å². The second-order valence-electron chi connectivity index (χ2n) is 4.97. The minimum atomic E-state index is 0.393. The SMILES string of the molecule is C=C(C)C1CCC(NOCc2ccccc2)CN1. The van der Waals surface area contributed by atoms with Gasteiger partial charge in [-0.25, -0.2) is 0 Å². The van der Waals surface area contributed by atoms with Crippen LogP contribution in [0.15, 0.2) is 42.5 Å². The summed E-state index contributed by atoms with van der Waals surface area (Å²) >= 11 is 0. The molecule has 0 radical (unpaired) electrons. The molecule has 1 aromatic carbocycles. The number of hydrogen-bond donors (Lipinski definition) is 2. The molecule has 0 bridgehead atoms. The average Bonchev–Trinajstić information content (AvgIpc) is 2.40. The van der Waals surface area contributed by atoms with Crippen LogP contribution in [0.3, 0.4) is 0 Å². The minimum Gasteiger partial charge on any atom is -0.309 e. The van der Waals surface area contributed by atoms with Gasteiger partial charge in [-0.15, -0.1) is 0 Å². The fourth-order valence-corrected chi connectivity index (χ4v) is 2.19. The van der Waals surface area contributed by atoms with Gasteiger partial charge in [-0.1, -0.05) is 42.5 Å². The molecular formula is C15H22N2O. The average molecular weight is 246 g/mol. The lowest BCUT2D eigenvalue weighted by Crippen LogP contribution is -2.48. The predicted octanol–water partition coefficient (Wildman–Crippen LogP) is 2.40. The van der Waals surface area contributed by atoms with Crippen LogP contribution in [-0.2, 0) is 11.4 Å². The summed E-state index contributed by atoms with van der Waals surface area (Å²) in [5, 5.41) is 3.48. The highest BCUT2D eigenvalue weighted by Crippen LogP contribution is 2.13. The summed E-state index contributed by atoms with van der Waals surface area (Å²) < 4.78 is 0. The molecule has 2 N–H and O–H groups in total. The van der Waals surface area contributed by atoms with Crippen LogP contribution < -0.4 is 10.8 Å². The fourth-order valence-electron chi connectivity index (χ4n) is 2.19. The Labute approximate surface area is 109 Å². The predicted molar refractivity (Wildman–Crippen MR) is 74.0 cm³/mol. The van der Waals surface area contributed by atoms with Crippen molar-refractivity contribution in [2.24, 2.45) is 0 Å². The van der Waals surface area contributed by atoms with Gasteiger partial charge in [-0.05, 0) is 25.3 Å². The Balaban J connectivity index is 1.65. The highest BCUT2D eigenvalue weighted by atomic mass is 16.6. The Hall–Kier alpha value is -1.16. The zero-order valence-corrected chi connectivity index (χ0v) is 11.0. The third-order valence-electron chi connectivity index (χ3n) is 3.34. The van der Waals surface area contributed by atoms with Crippen LogP contribution in [0, 0.1) is 0 Å². The summed E-state index contributed by atoms with van der Waals surface area (Å²) in [6.07, 6.45) is 2.25. The van der Waals surface area contributed by atoms with E-state index in [1.54, 1.807) is 0 Å². The molecule has 0 aliphatic carbocycles. The Morgan fingerprint density at radius 3 is 2.78 bits per heavy atom. The first-order chi connectivity index (χ1) is 8.75. The Morgan fingerprint density at radius 2 is 2.17 bits per heavy atom. The Kier molecular flexibility index (Phi) is 4.93. The van der Waals surface area contributed by atoms with Crippen molar-refractivity contribution in [2.75, 3.05) is 6.54 Å². The molecule has 0 saturated carbocycles. The first-order valence-corrected chi connectivity index (χ1v) is 6.55. The summed E-state index contributed by atoms with van der Waals surface area (Å²) in [4.78, 5) is 5.54. The third-order valence-corrected chi connectivity index (χ3v) is 3.34. The molecular weight excluding hydrogens is 224 g/mol. The maximum Gasteiger partial charge on any atom is 0.0933 e. The van der Waals surface area contributed by atoms with Crippen LogP contribution in [-0.4, -0.2) is 18.6 Å². The summed E-state index contributed by atoms with van der Waals surface area (Å²) in [5.74, 6) is 0. The molecule has 1 saturated heterocycles. The van der Waals surface area contributed by atoms with E-state index in [4.69, 9.17) is 4.84 Å². The van der Waals surface area contributed by atoms with Gasteiger partial charge in [0.1, 0.15) is 0 Å². The standard InChI is InChI=1S/C15H22N2O/c1-12(2)15-9-8-14(10-16-15)17-18-11-13-6-4-3-5-7-13/h3-7,14-17H,1,8-11H2,2H3. The van der Waals surface area contributed by atoms with Gasteiger partial charge >= 0.3 is 0 Å². The van der Waals surface area contributed by atoms with E-state index in [2.05, 4.69) is 36.4 Å². The molecule has 3 heteroatoms. The van der Waals surface area contributed by atoms with Crippen LogP contribution in [0.1, 0.15) is 25.3 Å². The largest absolute Gasteiger partial charge is 0.309 e. The minimum absolute atomic E-state index is 0.393. The van der Waals surface area contributed by atoms with Crippen molar-refractivity contribution < 1.29 is 4.84 Å². The van der Waals surface area contributed by atoms with Gasteiger partial charge in [0.05, 0.1) is 6.61 Å². The number of hydrogen-bond acceptors (Lipinski definition) is 3. The summed E-state index contributed by atoms with van der Waals surface area (Å²) in [6, 6.07) is 11.1. The molecule has 0 amide bonds.